The van der Waals surface area contributed by atoms with E-state index in [9.17, 15) is 19.8 Å². The summed E-state index contributed by atoms with van der Waals surface area (Å²) in [4.78, 5) is 37.4. The Labute approximate surface area is 309 Å². The van der Waals surface area contributed by atoms with Gasteiger partial charge in [-0.15, -0.1) is 20.5 Å². The number of hydrogen-bond acceptors (Lipinski definition) is 18. The molecule has 55 heavy (non-hydrogen) atoms. The van der Waals surface area contributed by atoms with E-state index in [-0.39, 0.29) is 63.4 Å². The van der Waals surface area contributed by atoms with E-state index in [1.165, 1.54) is 28.9 Å². The number of para-hydroxylation sites is 2. The Morgan fingerprint density at radius 2 is 1.15 bits per heavy atom. The molecule has 0 spiro atoms. The molecular formula is C33H29N17O5. The lowest BCUT2D eigenvalue weighted by Crippen LogP contribution is -2.13. The first-order valence-corrected chi connectivity index (χ1v) is 16.1. The lowest BCUT2D eigenvalue weighted by molar-refractivity contribution is 0.0601. The van der Waals surface area contributed by atoms with Crippen molar-refractivity contribution in [1.29, 1.82) is 0 Å². The molecule has 0 radical (unpaired) electrons. The van der Waals surface area contributed by atoms with Gasteiger partial charge >= 0.3 is 12.0 Å². The Kier molecular flexibility index (Phi) is 9.36. The number of aryl methyl sites for hydroxylation is 2. The number of aromatic nitrogens is 11. The number of aromatic hydroxyl groups is 1. The minimum absolute atomic E-state index is 0.0301. The number of carbonyl (C=O) groups excluding carboxylic acids is 2. The van der Waals surface area contributed by atoms with Gasteiger partial charge in [0.2, 0.25) is 0 Å². The number of benzene rings is 2. The number of nitrogen functional groups attached to an aromatic ring is 2. The van der Waals surface area contributed by atoms with Gasteiger partial charge in [-0.3, -0.25) is 4.79 Å². The van der Waals surface area contributed by atoms with Crippen molar-refractivity contribution in [3.8, 4) is 29.3 Å². The number of hydrogen-bond donors (Lipinski definition) is 4. The number of ether oxygens (including phenoxy) is 1. The third kappa shape index (κ3) is 6.62. The molecule has 0 unspecified atom stereocenters. The molecule has 276 valence electrons. The van der Waals surface area contributed by atoms with E-state index >= 15 is 0 Å². The molecule has 0 aliphatic rings. The maximum atomic E-state index is 12.5. The summed E-state index contributed by atoms with van der Waals surface area (Å²) in [7, 11) is 1.23. The molecule has 0 bridgehead atoms. The van der Waals surface area contributed by atoms with E-state index in [1.807, 2.05) is 12.1 Å². The number of Topliss-reactive ketones (excluding diaryl/α,β-unsaturated/α-hetero) is 1. The Bertz CT molecular complexity index is 2450. The fourth-order valence-corrected chi connectivity index (χ4v) is 5.28. The number of nitrogens with zero attached hydrogens (tertiary/aromatic N) is 15. The van der Waals surface area contributed by atoms with Crippen LogP contribution in [0, 0.1) is 13.8 Å². The highest BCUT2D eigenvalue weighted by Gasteiger charge is 2.24. The molecule has 7 rings (SSSR count). The summed E-state index contributed by atoms with van der Waals surface area (Å²) in [5, 5.41) is 54.5. The van der Waals surface area contributed by atoms with Crippen molar-refractivity contribution in [3.63, 3.8) is 0 Å². The van der Waals surface area contributed by atoms with Gasteiger partial charge in [-0.2, -0.15) is 44.7 Å². The molecule has 5 heterocycles. The molecule has 0 fully saturated rings. The number of anilines is 2. The van der Waals surface area contributed by atoms with Crippen molar-refractivity contribution in [2.24, 2.45) is 20.5 Å². The molecule has 2 aromatic carbocycles. The summed E-state index contributed by atoms with van der Waals surface area (Å²) >= 11 is 0. The molecule has 5 aromatic heterocycles. The summed E-state index contributed by atoms with van der Waals surface area (Å²) in [5.41, 5.74) is 14.9. The minimum atomic E-state index is -0.770. The predicted octanol–water partition coefficient (Wildman–Crippen LogP) is 3.89. The van der Waals surface area contributed by atoms with E-state index in [0.29, 0.717) is 17.1 Å². The van der Waals surface area contributed by atoms with E-state index in [4.69, 9.17) is 16.2 Å². The van der Waals surface area contributed by atoms with Gasteiger partial charge in [0.05, 0.1) is 47.8 Å². The highest BCUT2D eigenvalue weighted by molar-refractivity contribution is 6.00. The summed E-state index contributed by atoms with van der Waals surface area (Å²) < 4.78 is 9.89. The van der Waals surface area contributed by atoms with Gasteiger partial charge in [-0.25, -0.2) is 14.2 Å². The fraction of sp³-hybridized carbons (Fsp3) is 0.121. The molecule has 22 nitrogen and oxygen atoms in total. The van der Waals surface area contributed by atoms with Gasteiger partial charge < -0.3 is 26.4 Å². The average Bonchev–Trinajstić information content (AvgIpc) is 3.96. The first-order valence-electron chi connectivity index (χ1n) is 16.1. The zero-order valence-electron chi connectivity index (χ0n) is 29.1. The van der Waals surface area contributed by atoms with Gasteiger partial charge in [0.25, 0.3) is 11.9 Å². The molecule has 0 aliphatic heterocycles. The number of methoxy groups -OCH3 is 1. The fourth-order valence-electron chi connectivity index (χ4n) is 5.28. The highest BCUT2D eigenvalue weighted by atomic mass is 16.5. The summed E-state index contributed by atoms with van der Waals surface area (Å²) in [6.07, 6.45) is 2.59. The second kappa shape index (κ2) is 14.5. The molecular weight excluding hydrogens is 714 g/mol. The van der Waals surface area contributed by atoms with E-state index in [0.717, 1.165) is 9.36 Å². The number of carbonyl (C=O) groups is 2. The SMILES string of the molecule is COC(=O)c1cnn(-c2ccccc2)c1N=Nc1c(C)nn(-c2nc(O)nc(-n3nc(C)c(N=Nc4c(C(=O)CO)cnn4-c4ccccc4)c3N)n2)c1N. The lowest BCUT2D eigenvalue weighted by Gasteiger charge is -2.06. The summed E-state index contributed by atoms with van der Waals surface area (Å²) in [5.74, 6) is -1.82. The van der Waals surface area contributed by atoms with Crippen LogP contribution in [0.5, 0.6) is 6.01 Å². The average molecular weight is 744 g/mol. The second-order valence-electron chi connectivity index (χ2n) is 11.4. The number of nitrogens with two attached hydrogens (primary N) is 2. The van der Waals surface area contributed by atoms with E-state index in [1.54, 1.807) is 62.4 Å². The molecule has 0 saturated carbocycles. The van der Waals surface area contributed by atoms with Crippen LogP contribution in [0.4, 0.5) is 34.6 Å². The number of ketones is 1. The first-order chi connectivity index (χ1) is 26.6. The van der Waals surface area contributed by atoms with Crippen LogP contribution in [-0.4, -0.2) is 89.8 Å². The van der Waals surface area contributed by atoms with Crippen LogP contribution < -0.4 is 11.5 Å². The van der Waals surface area contributed by atoms with Crippen LogP contribution in [-0.2, 0) is 4.74 Å². The van der Waals surface area contributed by atoms with Crippen molar-refractivity contribution in [3.05, 3.63) is 95.6 Å². The molecule has 7 aromatic rings. The Balaban J connectivity index is 1.23. The topological polar surface area (TPSA) is 295 Å². The smallest absolute Gasteiger partial charge is 0.343 e. The third-order valence-electron chi connectivity index (χ3n) is 7.93. The highest BCUT2D eigenvalue weighted by Crippen LogP contribution is 2.34. The van der Waals surface area contributed by atoms with Gasteiger partial charge in [-0.1, -0.05) is 36.4 Å². The van der Waals surface area contributed by atoms with E-state index in [2.05, 4.69) is 55.8 Å². The van der Waals surface area contributed by atoms with Crippen LogP contribution in [0.2, 0.25) is 0 Å². The molecule has 0 atom stereocenters. The van der Waals surface area contributed by atoms with Crippen molar-refractivity contribution >= 4 is 46.4 Å². The molecule has 0 saturated heterocycles. The van der Waals surface area contributed by atoms with Gasteiger partial charge in [-0.05, 0) is 38.1 Å². The minimum Gasteiger partial charge on any atom is -0.479 e. The van der Waals surface area contributed by atoms with Crippen molar-refractivity contribution < 1.29 is 24.5 Å². The maximum Gasteiger partial charge on any atom is 0.343 e. The number of rotatable bonds is 11. The second-order valence-corrected chi connectivity index (χ2v) is 11.4. The maximum absolute atomic E-state index is 12.5. The normalized spacial score (nSPS) is 11.6. The molecule has 22 heteroatoms. The number of aliphatic hydroxyl groups is 1. The van der Waals surface area contributed by atoms with Crippen LogP contribution in [0.15, 0.2) is 93.5 Å². The van der Waals surface area contributed by atoms with Crippen LogP contribution in [0.3, 0.4) is 0 Å². The van der Waals surface area contributed by atoms with Gasteiger partial charge in [0.15, 0.2) is 40.4 Å². The zero-order valence-corrected chi connectivity index (χ0v) is 29.1. The lowest BCUT2D eigenvalue weighted by atomic mass is 10.2. The number of azo groups is 2. The number of esters is 1. The largest absolute Gasteiger partial charge is 0.479 e. The van der Waals surface area contributed by atoms with Gasteiger partial charge in [0.1, 0.15) is 12.2 Å². The van der Waals surface area contributed by atoms with Crippen molar-refractivity contribution in [1.82, 2.24) is 54.1 Å². The van der Waals surface area contributed by atoms with Gasteiger partial charge in [0, 0.05) is 0 Å². The Morgan fingerprint density at radius 1 is 0.691 bits per heavy atom. The third-order valence-corrected chi connectivity index (χ3v) is 7.93. The molecule has 0 amide bonds. The standard InChI is InChI=1S/C33H29N17O5/c1-17-24(41-43-28-21(23(52)16-51)14-36-47(28)19-10-6-4-7-11-19)26(34)49(45-17)31-38-32(40-33(54)39-31)50-27(35)25(18(2)46-50)42-44-29-22(30(53)55-3)15-37-48(29)20-12-8-5-9-13-20/h4-15,51H,16,34-35H2,1-3H3,(H,38,39,40,54). The Morgan fingerprint density at radius 3 is 1.60 bits per heavy atom. The monoisotopic (exact) mass is 743 g/mol. The van der Waals surface area contributed by atoms with Crippen molar-refractivity contribution in [2.45, 2.75) is 13.8 Å². The predicted molar refractivity (Wildman–Crippen MR) is 192 cm³/mol. The summed E-state index contributed by atoms with van der Waals surface area (Å²) in [6.45, 7) is 2.43. The van der Waals surface area contributed by atoms with E-state index < -0.39 is 24.4 Å². The molecule has 6 N–H and O–H groups in total. The molecule has 0 aliphatic carbocycles. The van der Waals surface area contributed by atoms with Crippen LogP contribution in [0.25, 0.3) is 23.3 Å². The van der Waals surface area contributed by atoms with Crippen LogP contribution in [0.1, 0.15) is 32.1 Å². The number of aliphatic hydroxyl groups excluding tert-OH is 1. The quantitative estimate of drug-likeness (QED) is 0.0830. The Hall–Kier alpha value is -8.01. The van der Waals surface area contributed by atoms with Crippen LogP contribution >= 0.6 is 0 Å². The van der Waals surface area contributed by atoms with Crippen molar-refractivity contribution in [2.75, 3.05) is 25.2 Å². The first kappa shape index (κ1) is 35.4. The zero-order chi connectivity index (χ0) is 38.8. The summed E-state index contributed by atoms with van der Waals surface area (Å²) in [6, 6.07) is 17.1.